The number of nitrogens with one attached hydrogen (secondary N) is 1. The summed E-state index contributed by atoms with van der Waals surface area (Å²) in [5, 5.41) is 22.6. The first-order valence-electron chi connectivity index (χ1n) is 6.15. The van der Waals surface area contributed by atoms with Crippen LogP contribution in [-0.2, 0) is 10.0 Å². The van der Waals surface area contributed by atoms with Crippen molar-refractivity contribution in [2.75, 3.05) is 6.54 Å². The Labute approximate surface area is 127 Å². The highest BCUT2D eigenvalue weighted by Gasteiger charge is 2.21. The maximum atomic E-state index is 12.3. The largest absolute Gasteiger partial charge is 0.387 e. The molecule has 5 nitrogen and oxygen atoms in total. The molecule has 7 heteroatoms. The number of hydrogen-bond donors (Lipinski definition) is 2. The lowest BCUT2D eigenvalue weighted by molar-refractivity contribution is 0.182. The van der Waals surface area contributed by atoms with Crippen molar-refractivity contribution >= 4 is 21.4 Å². The van der Waals surface area contributed by atoms with Gasteiger partial charge in [0.25, 0.3) is 0 Å². The molecular weight excluding hydrogens is 308 g/mol. The van der Waals surface area contributed by atoms with E-state index in [9.17, 15) is 13.5 Å². The summed E-state index contributed by atoms with van der Waals surface area (Å²) in [5.41, 5.74) is 1.38. The monoisotopic (exact) mass is 322 g/mol. The highest BCUT2D eigenvalue weighted by Crippen LogP contribution is 2.20. The lowest BCUT2D eigenvalue weighted by Crippen LogP contribution is -2.29. The Kier molecular flexibility index (Phi) is 4.75. The third-order valence-electron chi connectivity index (χ3n) is 3.03. The Balaban J connectivity index is 2.20. The number of sulfonamides is 1. The van der Waals surface area contributed by atoms with Gasteiger partial charge in [0.15, 0.2) is 0 Å². The molecule has 1 aromatic carbocycles. The molecule has 0 radical (unpaired) electrons. The number of rotatable bonds is 5. The molecule has 0 spiro atoms. The van der Waals surface area contributed by atoms with Crippen molar-refractivity contribution in [1.82, 2.24) is 4.72 Å². The van der Waals surface area contributed by atoms with E-state index < -0.39 is 16.1 Å². The van der Waals surface area contributed by atoms with Crippen molar-refractivity contribution in [3.05, 3.63) is 51.7 Å². The second-order valence-electron chi connectivity index (χ2n) is 4.48. The van der Waals surface area contributed by atoms with Crippen LogP contribution in [0.1, 0.15) is 22.8 Å². The molecule has 1 aromatic heterocycles. The number of aliphatic hydroxyl groups is 1. The SMILES string of the molecule is Cc1cccc(S(=O)(=O)NCC(O)c2ccsc2)c1C#N. The van der Waals surface area contributed by atoms with Crippen LogP contribution in [0.2, 0.25) is 0 Å². The summed E-state index contributed by atoms with van der Waals surface area (Å²) in [4.78, 5) is -0.0671. The molecule has 0 aliphatic heterocycles. The zero-order chi connectivity index (χ0) is 15.5. The average molecular weight is 322 g/mol. The minimum atomic E-state index is -3.84. The van der Waals surface area contributed by atoms with Crippen LogP contribution in [0.4, 0.5) is 0 Å². The molecule has 2 rings (SSSR count). The molecular formula is C14H14N2O3S2. The van der Waals surface area contributed by atoms with Crippen molar-refractivity contribution in [3.8, 4) is 6.07 Å². The standard InChI is InChI=1S/C14H14N2O3S2/c1-10-3-2-4-14(12(10)7-15)21(18,19)16-8-13(17)11-5-6-20-9-11/h2-6,9,13,16-17H,8H2,1H3. The van der Waals surface area contributed by atoms with Gasteiger partial charge in [-0.1, -0.05) is 12.1 Å². The van der Waals surface area contributed by atoms with Crippen LogP contribution in [0.25, 0.3) is 0 Å². The smallest absolute Gasteiger partial charge is 0.241 e. The summed E-state index contributed by atoms with van der Waals surface area (Å²) in [5.74, 6) is 0. The minimum absolute atomic E-state index is 0.0671. The molecule has 0 aliphatic carbocycles. The van der Waals surface area contributed by atoms with Gasteiger partial charge in [0.1, 0.15) is 6.07 Å². The molecule has 1 atom stereocenters. The van der Waals surface area contributed by atoms with Crippen LogP contribution in [-0.4, -0.2) is 20.1 Å². The van der Waals surface area contributed by atoms with Crippen LogP contribution in [0.15, 0.2) is 39.9 Å². The maximum absolute atomic E-state index is 12.3. The number of nitriles is 1. The molecule has 0 bridgehead atoms. The molecule has 21 heavy (non-hydrogen) atoms. The molecule has 0 saturated carbocycles. The highest BCUT2D eigenvalue weighted by atomic mass is 32.2. The molecule has 110 valence electrons. The van der Waals surface area contributed by atoms with E-state index in [0.29, 0.717) is 11.1 Å². The van der Waals surface area contributed by atoms with Crippen molar-refractivity contribution in [3.63, 3.8) is 0 Å². The quantitative estimate of drug-likeness (QED) is 0.880. The first-order valence-corrected chi connectivity index (χ1v) is 8.58. The third kappa shape index (κ3) is 3.49. The summed E-state index contributed by atoms with van der Waals surface area (Å²) in [7, 11) is -3.84. The fraction of sp³-hybridized carbons (Fsp3) is 0.214. The highest BCUT2D eigenvalue weighted by molar-refractivity contribution is 7.89. The zero-order valence-electron chi connectivity index (χ0n) is 11.3. The zero-order valence-corrected chi connectivity index (χ0v) is 12.9. The summed E-state index contributed by atoms with van der Waals surface area (Å²) < 4.78 is 26.9. The molecule has 0 fully saturated rings. The van der Waals surface area contributed by atoms with Crippen molar-refractivity contribution < 1.29 is 13.5 Å². The predicted molar refractivity (Wildman–Crippen MR) is 80.4 cm³/mol. The number of benzene rings is 1. The fourth-order valence-electron chi connectivity index (χ4n) is 1.86. The van der Waals surface area contributed by atoms with Gasteiger partial charge in [-0.15, -0.1) is 0 Å². The molecule has 0 aliphatic rings. The van der Waals surface area contributed by atoms with Gasteiger partial charge < -0.3 is 5.11 Å². The number of thiophene rings is 1. The Hall–Kier alpha value is -1.72. The van der Waals surface area contributed by atoms with E-state index in [1.165, 1.54) is 17.4 Å². The van der Waals surface area contributed by atoms with E-state index in [0.717, 1.165) is 0 Å². The van der Waals surface area contributed by atoms with Crippen LogP contribution >= 0.6 is 11.3 Å². The number of aryl methyl sites for hydroxylation is 1. The first kappa shape index (κ1) is 15.7. The maximum Gasteiger partial charge on any atom is 0.241 e. The van der Waals surface area contributed by atoms with Crippen molar-refractivity contribution in [2.45, 2.75) is 17.9 Å². The van der Waals surface area contributed by atoms with Gasteiger partial charge in [0.05, 0.1) is 16.6 Å². The molecule has 2 aromatic rings. The lowest BCUT2D eigenvalue weighted by atomic mass is 10.1. The summed E-state index contributed by atoms with van der Waals surface area (Å²) in [6, 6.07) is 8.28. The Bertz CT molecular complexity index is 762. The van der Waals surface area contributed by atoms with Gasteiger partial charge in [-0.2, -0.15) is 16.6 Å². The van der Waals surface area contributed by atoms with Gasteiger partial charge in [-0.25, -0.2) is 13.1 Å². The lowest BCUT2D eigenvalue weighted by Gasteiger charge is -2.12. The predicted octanol–water partition coefficient (Wildman–Crippen LogP) is 1.94. The van der Waals surface area contributed by atoms with Gasteiger partial charge in [-0.3, -0.25) is 0 Å². The van der Waals surface area contributed by atoms with Crippen LogP contribution in [0.5, 0.6) is 0 Å². The Morgan fingerprint density at radius 3 is 2.81 bits per heavy atom. The normalized spacial score (nSPS) is 12.8. The van der Waals surface area contributed by atoms with E-state index in [-0.39, 0.29) is 17.0 Å². The molecule has 2 N–H and O–H groups in total. The fourth-order valence-corrected chi connectivity index (χ4v) is 3.83. The Morgan fingerprint density at radius 1 is 1.43 bits per heavy atom. The minimum Gasteiger partial charge on any atom is -0.387 e. The van der Waals surface area contributed by atoms with E-state index in [1.54, 1.807) is 35.9 Å². The number of hydrogen-bond acceptors (Lipinski definition) is 5. The molecule has 1 unspecified atom stereocenters. The summed E-state index contributed by atoms with van der Waals surface area (Å²) >= 11 is 1.43. The average Bonchev–Trinajstić information content (AvgIpc) is 2.99. The van der Waals surface area contributed by atoms with Crippen LogP contribution < -0.4 is 4.72 Å². The van der Waals surface area contributed by atoms with E-state index in [4.69, 9.17) is 5.26 Å². The number of nitrogens with zero attached hydrogens (tertiary/aromatic N) is 1. The van der Waals surface area contributed by atoms with Gasteiger partial charge in [0, 0.05) is 6.54 Å². The topological polar surface area (TPSA) is 90.2 Å². The molecule has 1 heterocycles. The number of aliphatic hydroxyl groups excluding tert-OH is 1. The summed E-state index contributed by atoms with van der Waals surface area (Å²) in [6.07, 6.45) is -0.915. The first-order chi connectivity index (χ1) is 9.95. The second-order valence-corrected chi connectivity index (χ2v) is 7.00. The van der Waals surface area contributed by atoms with E-state index in [2.05, 4.69) is 4.72 Å². The second kappa shape index (κ2) is 6.37. The summed E-state index contributed by atoms with van der Waals surface area (Å²) in [6.45, 7) is 1.54. The Morgan fingerprint density at radius 2 is 2.19 bits per heavy atom. The van der Waals surface area contributed by atoms with Crippen molar-refractivity contribution in [2.24, 2.45) is 0 Å². The molecule has 0 amide bonds. The van der Waals surface area contributed by atoms with Gasteiger partial charge >= 0.3 is 0 Å². The van der Waals surface area contributed by atoms with Crippen molar-refractivity contribution in [1.29, 1.82) is 5.26 Å². The third-order valence-corrected chi connectivity index (χ3v) is 5.20. The molecule has 0 saturated heterocycles. The van der Waals surface area contributed by atoms with Gasteiger partial charge in [0.2, 0.25) is 10.0 Å². The van der Waals surface area contributed by atoms with Gasteiger partial charge in [-0.05, 0) is 40.9 Å². The van der Waals surface area contributed by atoms with E-state index >= 15 is 0 Å². The van der Waals surface area contributed by atoms with Crippen LogP contribution in [0.3, 0.4) is 0 Å². The van der Waals surface area contributed by atoms with E-state index in [1.807, 2.05) is 6.07 Å². The van der Waals surface area contributed by atoms with Crippen LogP contribution in [0, 0.1) is 18.3 Å².